The van der Waals surface area contributed by atoms with E-state index in [0.29, 0.717) is 12.0 Å². The number of hydrogen-bond donors (Lipinski definition) is 1. The van der Waals surface area contributed by atoms with Gasteiger partial charge in [-0.05, 0) is 44.7 Å². The van der Waals surface area contributed by atoms with Gasteiger partial charge < -0.3 is 9.88 Å². The number of rotatable bonds is 2. The molecule has 3 aliphatic rings. The summed E-state index contributed by atoms with van der Waals surface area (Å²) in [7, 11) is 0. The second-order valence-corrected chi connectivity index (χ2v) is 6.28. The zero-order chi connectivity index (χ0) is 12.1. The Morgan fingerprint density at radius 2 is 1.74 bits per heavy atom. The molecule has 5 heteroatoms. The van der Waals surface area contributed by atoms with Crippen molar-refractivity contribution in [1.29, 1.82) is 0 Å². The van der Waals surface area contributed by atoms with Crippen LogP contribution in [0, 0.1) is 18.8 Å². The number of halogens is 1. The van der Waals surface area contributed by atoms with E-state index in [1.165, 1.54) is 51.0 Å². The average Bonchev–Trinajstić information content (AvgIpc) is 2.79. The highest BCUT2D eigenvalue weighted by atomic mass is 35.5. The van der Waals surface area contributed by atoms with Crippen LogP contribution in [0.1, 0.15) is 55.7 Å². The van der Waals surface area contributed by atoms with E-state index in [2.05, 4.69) is 27.0 Å². The monoisotopic (exact) mass is 282 g/mol. The van der Waals surface area contributed by atoms with Crippen LogP contribution in [0.5, 0.6) is 0 Å². The van der Waals surface area contributed by atoms with Gasteiger partial charge in [-0.25, -0.2) is 0 Å². The summed E-state index contributed by atoms with van der Waals surface area (Å²) in [5.41, 5.74) is 0. The van der Waals surface area contributed by atoms with Gasteiger partial charge in [0.15, 0.2) is 0 Å². The molecule has 3 fully saturated rings. The van der Waals surface area contributed by atoms with E-state index >= 15 is 0 Å². The fraction of sp³-hybridized carbons (Fsp3) is 0.857. The van der Waals surface area contributed by atoms with E-state index in [1.807, 2.05) is 0 Å². The van der Waals surface area contributed by atoms with Crippen LogP contribution in [0.3, 0.4) is 0 Å². The Kier molecular flexibility index (Phi) is 3.56. The maximum atomic E-state index is 4.52. The molecule has 1 N–H and O–H groups in total. The first-order chi connectivity index (χ1) is 8.86. The predicted octanol–water partition coefficient (Wildman–Crippen LogP) is 2.45. The average molecular weight is 283 g/mol. The van der Waals surface area contributed by atoms with Gasteiger partial charge in [0.25, 0.3) is 0 Å². The molecular weight excluding hydrogens is 260 g/mol. The molecule has 1 saturated heterocycles. The topological polar surface area (TPSA) is 42.7 Å². The Balaban J connectivity index is 0.00000110. The minimum atomic E-state index is 0. The lowest BCUT2D eigenvalue weighted by molar-refractivity contribution is 0.338. The van der Waals surface area contributed by atoms with Gasteiger partial charge in [-0.3, -0.25) is 0 Å². The molecule has 0 aromatic carbocycles. The largest absolute Gasteiger partial charge is 0.316 e. The maximum absolute atomic E-state index is 4.52. The Labute approximate surface area is 120 Å². The van der Waals surface area contributed by atoms with Gasteiger partial charge in [0.1, 0.15) is 11.6 Å². The zero-order valence-corrected chi connectivity index (χ0v) is 12.3. The van der Waals surface area contributed by atoms with E-state index in [1.54, 1.807) is 0 Å². The first-order valence-electron chi connectivity index (χ1n) is 7.48. The van der Waals surface area contributed by atoms with Gasteiger partial charge in [0.2, 0.25) is 0 Å². The van der Waals surface area contributed by atoms with Crippen molar-refractivity contribution in [1.82, 2.24) is 20.1 Å². The van der Waals surface area contributed by atoms with Crippen molar-refractivity contribution < 1.29 is 0 Å². The fourth-order valence-electron chi connectivity index (χ4n) is 4.20. The molecule has 2 aliphatic carbocycles. The Morgan fingerprint density at radius 3 is 2.42 bits per heavy atom. The van der Waals surface area contributed by atoms with Crippen LogP contribution in [0.4, 0.5) is 0 Å². The molecular formula is C14H23ClN4. The third-order valence-electron chi connectivity index (χ3n) is 5.22. The Morgan fingerprint density at radius 1 is 1.05 bits per heavy atom. The normalized spacial score (nSPS) is 33.8. The van der Waals surface area contributed by atoms with Gasteiger partial charge >= 0.3 is 0 Å². The van der Waals surface area contributed by atoms with Gasteiger partial charge in [0, 0.05) is 12.0 Å². The predicted molar refractivity (Wildman–Crippen MR) is 76.7 cm³/mol. The van der Waals surface area contributed by atoms with Crippen LogP contribution in [-0.2, 0) is 0 Å². The molecule has 0 amide bonds. The van der Waals surface area contributed by atoms with E-state index in [-0.39, 0.29) is 12.4 Å². The lowest BCUT2D eigenvalue weighted by Gasteiger charge is -2.25. The van der Waals surface area contributed by atoms with Crippen LogP contribution >= 0.6 is 12.4 Å². The molecule has 2 atom stereocenters. The molecule has 2 saturated carbocycles. The van der Waals surface area contributed by atoms with Crippen LogP contribution in [-0.4, -0.2) is 27.9 Å². The van der Waals surface area contributed by atoms with E-state index < -0.39 is 0 Å². The molecule has 1 aromatic heterocycles. The number of fused-ring (bicyclic) bond motifs is 1. The van der Waals surface area contributed by atoms with Crippen molar-refractivity contribution >= 4 is 12.4 Å². The summed E-state index contributed by atoms with van der Waals surface area (Å²) in [5, 5.41) is 12.4. The number of nitrogens with zero attached hydrogens (tertiary/aromatic N) is 3. The standard InChI is InChI=1S/C14H22N4.ClH/c1-9-16-17-14(13-11-7-15-8-12(11)13)18(9)10-5-3-2-4-6-10;/h10-13,15H,2-8H2,1H3;1H. The van der Waals surface area contributed by atoms with E-state index in [0.717, 1.165) is 17.7 Å². The highest BCUT2D eigenvalue weighted by Gasteiger charge is 2.56. The molecule has 19 heavy (non-hydrogen) atoms. The minimum Gasteiger partial charge on any atom is -0.316 e. The third kappa shape index (κ3) is 2.09. The molecule has 106 valence electrons. The molecule has 0 bridgehead atoms. The fourth-order valence-corrected chi connectivity index (χ4v) is 4.20. The summed E-state index contributed by atoms with van der Waals surface area (Å²) in [6.45, 7) is 4.50. The molecule has 0 radical (unpaired) electrons. The summed E-state index contributed by atoms with van der Waals surface area (Å²) in [5.74, 6) is 4.83. The summed E-state index contributed by atoms with van der Waals surface area (Å²) >= 11 is 0. The van der Waals surface area contributed by atoms with Gasteiger partial charge in [0.05, 0.1) is 0 Å². The van der Waals surface area contributed by atoms with Crippen LogP contribution in [0.25, 0.3) is 0 Å². The number of hydrogen-bond acceptors (Lipinski definition) is 3. The second kappa shape index (κ2) is 5.06. The Hall–Kier alpha value is -0.610. The van der Waals surface area contributed by atoms with Gasteiger partial charge in [-0.1, -0.05) is 19.3 Å². The van der Waals surface area contributed by atoms with Crippen molar-refractivity contribution in [3.05, 3.63) is 11.6 Å². The van der Waals surface area contributed by atoms with Crippen molar-refractivity contribution in [3.8, 4) is 0 Å². The summed E-state index contributed by atoms with van der Waals surface area (Å²) in [6.07, 6.45) is 6.81. The first-order valence-corrected chi connectivity index (χ1v) is 7.48. The highest BCUT2D eigenvalue weighted by Crippen LogP contribution is 2.55. The third-order valence-corrected chi connectivity index (χ3v) is 5.22. The summed E-state index contributed by atoms with van der Waals surface area (Å²) in [6, 6.07) is 0.679. The van der Waals surface area contributed by atoms with Crippen molar-refractivity contribution in [2.24, 2.45) is 11.8 Å². The van der Waals surface area contributed by atoms with Crippen molar-refractivity contribution in [3.63, 3.8) is 0 Å². The SMILES string of the molecule is Cc1nnc(C2C3CNCC32)n1C1CCCCC1.Cl. The maximum Gasteiger partial charge on any atom is 0.137 e. The summed E-state index contributed by atoms with van der Waals surface area (Å²) in [4.78, 5) is 0. The summed E-state index contributed by atoms with van der Waals surface area (Å²) < 4.78 is 2.49. The number of aromatic nitrogens is 3. The van der Waals surface area contributed by atoms with Crippen LogP contribution in [0.2, 0.25) is 0 Å². The number of nitrogens with one attached hydrogen (secondary N) is 1. The molecule has 1 aliphatic heterocycles. The molecule has 4 nitrogen and oxygen atoms in total. The highest BCUT2D eigenvalue weighted by molar-refractivity contribution is 5.85. The van der Waals surface area contributed by atoms with Crippen molar-refractivity contribution in [2.45, 2.75) is 51.0 Å². The van der Waals surface area contributed by atoms with E-state index in [4.69, 9.17) is 0 Å². The van der Waals surface area contributed by atoms with Gasteiger partial charge in [-0.2, -0.15) is 0 Å². The second-order valence-electron chi connectivity index (χ2n) is 6.28. The van der Waals surface area contributed by atoms with Crippen LogP contribution in [0.15, 0.2) is 0 Å². The number of piperidine rings is 1. The van der Waals surface area contributed by atoms with Gasteiger partial charge in [-0.15, -0.1) is 22.6 Å². The minimum absolute atomic E-state index is 0. The Bertz CT molecular complexity index is 442. The molecule has 0 spiro atoms. The smallest absolute Gasteiger partial charge is 0.137 e. The molecule has 2 heterocycles. The zero-order valence-electron chi connectivity index (χ0n) is 11.5. The van der Waals surface area contributed by atoms with Crippen LogP contribution < -0.4 is 5.32 Å². The lowest BCUT2D eigenvalue weighted by Crippen LogP contribution is -2.20. The quantitative estimate of drug-likeness (QED) is 0.906. The molecule has 4 rings (SSSR count). The van der Waals surface area contributed by atoms with Crippen molar-refractivity contribution in [2.75, 3.05) is 13.1 Å². The lowest BCUT2D eigenvalue weighted by atomic mass is 9.95. The molecule has 2 unspecified atom stereocenters. The molecule has 1 aromatic rings. The number of aryl methyl sites for hydroxylation is 1. The first kappa shape index (κ1) is 13.4. The van der Waals surface area contributed by atoms with E-state index in [9.17, 15) is 0 Å².